The van der Waals surface area contributed by atoms with Crippen LogP contribution in [0.2, 0.25) is 10.0 Å². The standard InChI is InChI=1S/C10H8Cl2FN3/c1-16-9(14)4-8(15-16)5-2-6(11)10(13)7(12)3-5/h2-4H,14H2,1H3. The number of nitrogens with zero attached hydrogens (tertiary/aromatic N) is 2. The van der Waals surface area contributed by atoms with Gasteiger partial charge in [-0.15, -0.1) is 0 Å². The van der Waals surface area contributed by atoms with Crippen LogP contribution >= 0.6 is 23.2 Å². The number of halogens is 3. The number of hydrogen-bond donors (Lipinski definition) is 1. The molecule has 6 heteroatoms. The maximum Gasteiger partial charge on any atom is 0.160 e. The van der Waals surface area contributed by atoms with Gasteiger partial charge in [0.1, 0.15) is 5.82 Å². The molecule has 3 nitrogen and oxygen atoms in total. The predicted octanol–water partition coefficient (Wildman–Crippen LogP) is 3.12. The average Bonchev–Trinajstić information content (AvgIpc) is 2.55. The molecule has 2 N–H and O–H groups in total. The van der Waals surface area contributed by atoms with Crippen molar-refractivity contribution in [2.45, 2.75) is 0 Å². The van der Waals surface area contributed by atoms with Crippen LogP contribution in [0.1, 0.15) is 0 Å². The van der Waals surface area contributed by atoms with Crippen molar-refractivity contribution in [3.05, 3.63) is 34.1 Å². The lowest BCUT2D eigenvalue weighted by Gasteiger charge is -2.01. The topological polar surface area (TPSA) is 43.8 Å². The van der Waals surface area contributed by atoms with Crippen LogP contribution in [-0.4, -0.2) is 9.78 Å². The molecule has 0 spiro atoms. The molecular formula is C10H8Cl2FN3. The molecule has 0 bridgehead atoms. The molecule has 1 heterocycles. The molecule has 0 aliphatic rings. The Kier molecular flexibility index (Phi) is 2.78. The van der Waals surface area contributed by atoms with E-state index in [1.54, 1.807) is 13.1 Å². The van der Waals surface area contributed by atoms with Crippen molar-refractivity contribution in [1.82, 2.24) is 9.78 Å². The highest BCUT2D eigenvalue weighted by Gasteiger charge is 2.11. The summed E-state index contributed by atoms with van der Waals surface area (Å²) in [6.45, 7) is 0. The minimum atomic E-state index is -0.629. The molecular weight excluding hydrogens is 252 g/mol. The van der Waals surface area contributed by atoms with Gasteiger partial charge < -0.3 is 5.73 Å². The first-order valence-electron chi connectivity index (χ1n) is 4.43. The van der Waals surface area contributed by atoms with Gasteiger partial charge in [0.15, 0.2) is 5.82 Å². The summed E-state index contributed by atoms with van der Waals surface area (Å²) in [5, 5.41) is 4.07. The zero-order valence-corrected chi connectivity index (χ0v) is 9.85. The van der Waals surface area contributed by atoms with Crippen molar-refractivity contribution in [1.29, 1.82) is 0 Å². The molecule has 0 aliphatic heterocycles. The summed E-state index contributed by atoms with van der Waals surface area (Å²) >= 11 is 11.4. The number of anilines is 1. The summed E-state index contributed by atoms with van der Waals surface area (Å²) in [7, 11) is 1.71. The molecule has 1 aromatic heterocycles. The Morgan fingerprint density at radius 3 is 2.25 bits per heavy atom. The smallest absolute Gasteiger partial charge is 0.160 e. The second kappa shape index (κ2) is 3.96. The third-order valence-corrected chi connectivity index (χ3v) is 2.75. The summed E-state index contributed by atoms with van der Waals surface area (Å²) in [5.41, 5.74) is 6.87. The van der Waals surface area contributed by atoms with Crippen molar-refractivity contribution >= 4 is 29.0 Å². The van der Waals surface area contributed by atoms with Crippen LogP contribution in [-0.2, 0) is 7.05 Å². The summed E-state index contributed by atoms with van der Waals surface area (Å²) in [6, 6.07) is 4.59. The quantitative estimate of drug-likeness (QED) is 0.800. The lowest BCUT2D eigenvalue weighted by Crippen LogP contribution is -1.96. The Hall–Kier alpha value is -1.26. The molecule has 0 atom stereocenters. The molecule has 2 aromatic rings. The van der Waals surface area contributed by atoms with E-state index in [2.05, 4.69) is 5.10 Å². The Bertz CT molecular complexity index is 508. The van der Waals surface area contributed by atoms with E-state index in [0.29, 0.717) is 17.1 Å². The number of aryl methyl sites for hydroxylation is 1. The molecule has 2 rings (SSSR count). The zero-order chi connectivity index (χ0) is 11.9. The predicted molar refractivity (Wildman–Crippen MR) is 63.0 cm³/mol. The van der Waals surface area contributed by atoms with E-state index in [-0.39, 0.29) is 10.0 Å². The van der Waals surface area contributed by atoms with Crippen LogP contribution in [0, 0.1) is 5.82 Å². The second-order valence-corrected chi connectivity index (χ2v) is 4.15. The van der Waals surface area contributed by atoms with Crippen molar-refractivity contribution in [2.75, 3.05) is 5.73 Å². The fourth-order valence-electron chi connectivity index (χ4n) is 1.33. The van der Waals surface area contributed by atoms with Gasteiger partial charge in [0.2, 0.25) is 0 Å². The first-order valence-corrected chi connectivity index (χ1v) is 5.19. The molecule has 0 aliphatic carbocycles. The molecule has 0 amide bonds. The van der Waals surface area contributed by atoms with Crippen molar-refractivity contribution in [3.63, 3.8) is 0 Å². The van der Waals surface area contributed by atoms with E-state index in [0.717, 1.165) is 0 Å². The summed E-state index contributed by atoms with van der Waals surface area (Å²) in [6.07, 6.45) is 0. The van der Waals surface area contributed by atoms with Crippen molar-refractivity contribution in [3.8, 4) is 11.3 Å². The normalized spacial score (nSPS) is 10.8. The van der Waals surface area contributed by atoms with Crippen LogP contribution in [0.4, 0.5) is 10.2 Å². The zero-order valence-electron chi connectivity index (χ0n) is 8.34. The highest BCUT2D eigenvalue weighted by molar-refractivity contribution is 6.35. The lowest BCUT2D eigenvalue weighted by molar-refractivity contribution is 0.629. The number of nitrogens with two attached hydrogens (primary N) is 1. The third kappa shape index (κ3) is 1.86. The first kappa shape index (κ1) is 11.2. The van der Waals surface area contributed by atoms with Crippen LogP contribution in [0.5, 0.6) is 0 Å². The number of benzene rings is 1. The van der Waals surface area contributed by atoms with Gasteiger partial charge in [0, 0.05) is 18.7 Å². The molecule has 16 heavy (non-hydrogen) atoms. The summed E-state index contributed by atoms with van der Waals surface area (Å²) in [4.78, 5) is 0. The van der Waals surface area contributed by atoms with Crippen molar-refractivity contribution < 1.29 is 4.39 Å². The van der Waals surface area contributed by atoms with Gasteiger partial charge in [-0.2, -0.15) is 5.10 Å². The second-order valence-electron chi connectivity index (χ2n) is 3.33. The summed E-state index contributed by atoms with van der Waals surface area (Å²) in [5.74, 6) is -0.123. The Morgan fingerprint density at radius 1 is 1.25 bits per heavy atom. The van der Waals surface area contributed by atoms with E-state index in [1.807, 2.05) is 0 Å². The van der Waals surface area contributed by atoms with Gasteiger partial charge in [-0.05, 0) is 12.1 Å². The fraction of sp³-hybridized carbons (Fsp3) is 0.100. The number of rotatable bonds is 1. The van der Waals surface area contributed by atoms with E-state index < -0.39 is 5.82 Å². The van der Waals surface area contributed by atoms with Gasteiger partial charge in [0.25, 0.3) is 0 Å². The molecule has 0 unspecified atom stereocenters. The van der Waals surface area contributed by atoms with Crippen LogP contribution in [0.15, 0.2) is 18.2 Å². The largest absolute Gasteiger partial charge is 0.384 e. The summed E-state index contributed by atoms with van der Waals surface area (Å²) < 4.78 is 14.7. The van der Waals surface area contributed by atoms with Crippen LogP contribution in [0.3, 0.4) is 0 Å². The Labute approximate surface area is 102 Å². The molecule has 84 valence electrons. The van der Waals surface area contributed by atoms with Gasteiger partial charge in [-0.1, -0.05) is 23.2 Å². The van der Waals surface area contributed by atoms with Gasteiger partial charge in [0.05, 0.1) is 15.7 Å². The maximum atomic E-state index is 13.2. The Balaban J connectivity index is 2.56. The lowest BCUT2D eigenvalue weighted by atomic mass is 10.1. The number of hydrogen-bond acceptors (Lipinski definition) is 2. The van der Waals surface area contributed by atoms with Crippen LogP contribution < -0.4 is 5.73 Å². The molecule has 0 saturated heterocycles. The monoisotopic (exact) mass is 259 g/mol. The molecule has 0 fully saturated rings. The highest BCUT2D eigenvalue weighted by atomic mass is 35.5. The average molecular weight is 260 g/mol. The van der Waals surface area contributed by atoms with Gasteiger partial charge >= 0.3 is 0 Å². The Morgan fingerprint density at radius 2 is 1.81 bits per heavy atom. The first-order chi connectivity index (χ1) is 7.49. The number of aromatic nitrogens is 2. The molecule has 0 radical (unpaired) electrons. The van der Waals surface area contributed by atoms with E-state index in [9.17, 15) is 4.39 Å². The third-order valence-electron chi connectivity index (χ3n) is 2.20. The van der Waals surface area contributed by atoms with Gasteiger partial charge in [-0.3, -0.25) is 4.68 Å². The molecule has 0 saturated carbocycles. The maximum absolute atomic E-state index is 13.2. The van der Waals surface area contributed by atoms with Crippen LogP contribution in [0.25, 0.3) is 11.3 Å². The van der Waals surface area contributed by atoms with E-state index in [1.165, 1.54) is 16.8 Å². The minimum absolute atomic E-state index is 0.0354. The fourth-order valence-corrected chi connectivity index (χ4v) is 1.81. The molecule has 1 aromatic carbocycles. The highest BCUT2D eigenvalue weighted by Crippen LogP contribution is 2.30. The SMILES string of the molecule is Cn1nc(-c2cc(Cl)c(F)c(Cl)c2)cc1N. The minimum Gasteiger partial charge on any atom is -0.384 e. The van der Waals surface area contributed by atoms with E-state index in [4.69, 9.17) is 28.9 Å². The number of nitrogen functional groups attached to an aromatic ring is 1. The van der Waals surface area contributed by atoms with E-state index >= 15 is 0 Å². The van der Waals surface area contributed by atoms with Crippen molar-refractivity contribution in [2.24, 2.45) is 7.05 Å². The van der Waals surface area contributed by atoms with Gasteiger partial charge in [-0.25, -0.2) is 4.39 Å².